The van der Waals surface area contributed by atoms with E-state index in [2.05, 4.69) is 20.1 Å². The Morgan fingerprint density at radius 1 is 1.33 bits per heavy atom. The van der Waals surface area contributed by atoms with Crippen LogP contribution in [0.4, 0.5) is 5.13 Å². The number of rotatable bonds is 4. The van der Waals surface area contributed by atoms with Gasteiger partial charge in [0.1, 0.15) is 0 Å². The maximum Gasteiger partial charge on any atom is 0.260 e. The van der Waals surface area contributed by atoms with Crippen LogP contribution in [-0.4, -0.2) is 54.1 Å². The van der Waals surface area contributed by atoms with Crippen molar-refractivity contribution in [2.24, 2.45) is 5.73 Å². The Hall–Kier alpha value is -1.49. The summed E-state index contributed by atoms with van der Waals surface area (Å²) in [6, 6.07) is 0. The lowest BCUT2D eigenvalue weighted by molar-refractivity contribution is 0.382. The third-order valence-corrected chi connectivity index (χ3v) is 6.17. The molecule has 114 valence electrons. The number of anilines is 1. The molecule has 0 spiro atoms. The number of thiazole rings is 1. The van der Waals surface area contributed by atoms with Crippen molar-refractivity contribution in [3.63, 3.8) is 0 Å². The molecule has 3 N–H and O–H groups in total. The Kier molecular flexibility index (Phi) is 3.93. The van der Waals surface area contributed by atoms with Crippen molar-refractivity contribution >= 4 is 26.5 Å². The predicted molar refractivity (Wildman–Crippen MR) is 79.6 cm³/mol. The van der Waals surface area contributed by atoms with Crippen molar-refractivity contribution in [3.05, 3.63) is 23.3 Å². The summed E-state index contributed by atoms with van der Waals surface area (Å²) in [4.78, 5) is 6.34. The molecule has 2 aromatic rings. The van der Waals surface area contributed by atoms with Gasteiger partial charge in [-0.2, -0.15) is 9.40 Å². The number of nitrogens with two attached hydrogens (primary N) is 1. The van der Waals surface area contributed by atoms with E-state index in [4.69, 9.17) is 5.73 Å². The van der Waals surface area contributed by atoms with Crippen LogP contribution in [0, 0.1) is 0 Å². The fraction of sp³-hybridized carbons (Fsp3) is 0.455. The molecule has 1 aliphatic heterocycles. The lowest BCUT2D eigenvalue weighted by atomic mass is 10.4. The second-order valence-corrected chi connectivity index (χ2v) is 7.38. The molecule has 0 aliphatic carbocycles. The quantitative estimate of drug-likeness (QED) is 0.807. The number of aromatic nitrogens is 3. The van der Waals surface area contributed by atoms with Crippen molar-refractivity contribution in [1.29, 1.82) is 0 Å². The zero-order valence-electron chi connectivity index (χ0n) is 11.3. The van der Waals surface area contributed by atoms with Crippen molar-refractivity contribution in [2.45, 2.75) is 11.6 Å². The molecule has 0 aromatic carbocycles. The molecule has 1 saturated heterocycles. The van der Waals surface area contributed by atoms with Crippen LogP contribution in [0.5, 0.6) is 0 Å². The fourth-order valence-corrected chi connectivity index (χ4v) is 4.52. The molecule has 3 rings (SSSR count). The molecule has 10 heteroatoms. The Balaban J connectivity index is 1.74. The van der Waals surface area contributed by atoms with Crippen molar-refractivity contribution < 1.29 is 8.42 Å². The molecular weight excluding hydrogens is 312 g/mol. The van der Waals surface area contributed by atoms with Gasteiger partial charge in [-0.05, 0) is 0 Å². The molecule has 21 heavy (non-hydrogen) atoms. The third kappa shape index (κ3) is 2.67. The lowest BCUT2D eigenvalue weighted by Gasteiger charge is -2.33. The average molecular weight is 328 g/mol. The van der Waals surface area contributed by atoms with Gasteiger partial charge < -0.3 is 10.6 Å². The largest absolute Gasteiger partial charge is 0.345 e. The molecule has 3 heterocycles. The molecule has 0 saturated carbocycles. The summed E-state index contributed by atoms with van der Waals surface area (Å²) < 4.78 is 26.6. The van der Waals surface area contributed by atoms with Crippen molar-refractivity contribution in [3.8, 4) is 0 Å². The summed E-state index contributed by atoms with van der Waals surface area (Å²) in [6.45, 7) is 2.23. The predicted octanol–water partition coefficient (Wildman–Crippen LogP) is -0.164. The van der Waals surface area contributed by atoms with Crippen LogP contribution in [0.2, 0.25) is 0 Å². The lowest BCUT2D eigenvalue weighted by Crippen LogP contribution is -2.48. The van der Waals surface area contributed by atoms with Crippen molar-refractivity contribution in [1.82, 2.24) is 19.5 Å². The molecule has 0 radical (unpaired) electrons. The van der Waals surface area contributed by atoms with Gasteiger partial charge >= 0.3 is 0 Å². The summed E-state index contributed by atoms with van der Waals surface area (Å²) in [6.07, 6.45) is 3.21. The summed E-state index contributed by atoms with van der Waals surface area (Å²) in [5.74, 6) is 0. The SMILES string of the molecule is NCc1cn[nH]c1S(=O)(=O)N1CCN(c2nccs2)CC1. The summed E-state index contributed by atoms with van der Waals surface area (Å²) in [7, 11) is -3.56. The molecule has 0 atom stereocenters. The van der Waals surface area contributed by atoms with Crippen LogP contribution >= 0.6 is 11.3 Å². The average Bonchev–Trinajstić information content (AvgIpc) is 3.18. The van der Waals surface area contributed by atoms with Gasteiger partial charge in [-0.25, -0.2) is 13.4 Å². The smallest absolute Gasteiger partial charge is 0.260 e. The minimum absolute atomic E-state index is 0.104. The number of hydrogen-bond acceptors (Lipinski definition) is 7. The van der Waals surface area contributed by atoms with Crippen LogP contribution in [-0.2, 0) is 16.6 Å². The van der Waals surface area contributed by atoms with E-state index in [9.17, 15) is 8.42 Å². The first-order chi connectivity index (χ1) is 10.1. The van der Waals surface area contributed by atoms with Gasteiger partial charge in [-0.1, -0.05) is 0 Å². The van der Waals surface area contributed by atoms with Crippen LogP contribution in [0.25, 0.3) is 0 Å². The van der Waals surface area contributed by atoms with E-state index in [0.717, 1.165) is 5.13 Å². The minimum Gasteiger partial charge on any atom is -0.345 e. The Morgan fingerprint density at radius 3 is 2.71 bits per heavy atom. The van der Waals surface area contributed by atoms with Gasteiger partial charge in [-0.15, -0.1) is 11.3 Å². The monoisotopic (exact) mass is 328 g/mol. The van der Waals surface area contributed by atoms with E-state index in [-0.39, 0.29) is 11.6 Å². The molecular formula is C11H16N6O2S2. The van der Waals surface area contributed by atoms with Gasteiger partial charge in [0.15, 0.2) is 10.2 Å². The van der Waals surface area contributed by atoms with Gasteiger partial charge in [0.05, 0.1) is 6.20 Å². The first kappa shape index (κ1) is 14.4. The molecule has 0 unspecified atom stereocenters. The number of sulfonamides is 1. The second-order valence-electron chi connectivity index (χ2n) is 4.63. The van der Waals surface area contributed by atoms with Gasteiger partial charge in [0, 0.05) is 49.9 Å². The number of hydrogen-bond donors (Lipinski definition) is 2. The highest BCUT2D eigenvalue weighted by Gasteiger charge is 2.31. The van der Waals surface area contributed by atoms with Gasteiger partial charge in [0.25, 0.3) is 10.0 Å². The van der Waals surface area contributed by atoms with Crippen LogP contribution < -0.4 is 10.6 Å². The molecule has 2 aromatic heterocycles. The van der Waals surface area contributed by atoms with Crippen LogP contribution in [0.15, 0.2) is 22.8 Å². The molecule has 0 amide bonds. The van der Waals surface area contributed by atoms with E-state index >= 15 is 0 Å². The normalized spacial score (nSPS) is 17.3. The zero-order valence-corrected chi connectivity index (χ0v) is 12.9. The summed E-state index contributed by atoms with van der Waals surface area (Å²) in [5.41, 5.74) is 6.06. The van der Waals surface area contributed by atoms with Crippen LogP contribution in [0.1, 0.15) is 5.56 Å². The van der Waals surface area contributed by atoms with E-state index in [1.165, 1.54) is 10.5 Å². The Morgan fingerprint density at radius 2 is 2.10 bits per heavy atom. The first-order valence-electron chi connectivity index (χ1n) is 6.50. The number of nitrogens with one attached hydrogen (secondary N) is 1. The number of piperazine rings is 1. The number of nitrogens with zero attached hydrogens (tertiary/aromatic N) is 4. The van der Waals surface area contributed by atoms with E-state index in [0.29, 0.717) is 31.7 Å². The Bertz CT molecular complexity index is 688. The van der Waals surface area contributed by atoms with Gasteiger partial charge in [-0.3, -0.25) is 5.10 Å². The molecule has 0 bridgehead atoms. The van der Waals surface area contributed by atoms with Crippen LogP contribution in [0.3, 0.4) is 0 Å². The molecule has 8 nitrogen and oxygen atoms in total. The highest BCUT2D eigenvalue weighted by molar-refractivity contribution is 7.89. The fourth-order valence-electron chi connectivity index (χ4n) is 2.29. The van der Waals surface area contributed by atoms with E-state index in [1.807, 2.05) is 5.38 Å². The minimum atomic E-state index is -3.56. The standard InChI is InChI=1S/C11H16N6O2S2/c12-7-9-8-14-15-10(9)21(18,19)17-4-2-16(3-5-17)11-13-1-6-20-11/h1,6,8H,2-5,7,12H2,(H,14,15). The maximum atomic E-state index is 12.6. The topological polar surface area (TPSA) is 108 Å². The van der Waals surface area contributed by atoms with E-state index < -0.39 is 10.0 Å². The zero-order chi connectivity index (χ0) is 14.9. The third-order valence-electron chi connectivity index (χ3n) is 3.42. The Labute approximate surface area is 126 Å². The summed E-state index contributed by atoms with van der Waals surface area (Å²) >= 11 is 1.56. The number of aromatic amines is 1. The highest BCUT2D eigenvalue weighted by atomic mass is 32.2. The molecule has 1 aliphatic rings. The number of H-pyrrole nitrogens is 1. The van der Waals surface area contributed by atoms with Gasteiger partial charge in [0.2, 0.25) is 0 Å². The first-order valence-corrected chi connectivity index (χ1v) is 8.82. The highest BCUT2D eigenvalue weighted by Crippen LogP contribution is 2.22. The molecule has 1 fully saturated rings. The maximum absolute atomic E-state index is 12.6. The van der Waals surface area contributed by atoms with E-state index in [1.54, 1.807) is 17.5 Å². The second kappa shape index (κ2) is 5.72. The summed E-state index contributed by atoms with van der Waals surface area (Å²) in [5, 5.41) is 9.27. The van der Waals surface area contributed by atoms with Crippen molar-refractivity contribution in [2.75, 3.05) is 31.1 Å².